The number of Topliss-reactive ketones (excluding diaryl/α,β-unsaturated/α-hetero) is 1. The fraction of sp³-hybridized carbons (Fsp3) is 0.133. The van der Waals surface area contributed by atoms with Crippen molar-refractivity contribution in [2.45, 2.75) is 12.2 Å². The molecule has 0 amide bonds. The van der Waals surface area contributed by atoms with E-state index in [-0.39, 0.29) is 11.3 Å². The van der Waals surface area contributed by atoms with E-state index in [9.17, 15) is 20.1 Å². The summed E-state index contributed by atoms with van der Waals surface area (Å²) in [5.41, 5.74) is 0.434. The first-order valence-electron chi connectivity index (χ1n) is 5.84. The summed E-state index contributed by atoms with van der Waals surface area (Å²) < 4.78 is 0. The molecular formula is C15H14O4. The second-order valence-electron chi connectivity index (χ2n) is 4.18. The fourth-order valence-electron chi connectivity index (χ4n) is 1.82. The molecule has 0 saturated carbocycles. The highest BCUT2D eigenvalue weighted by Gasteiger charge is 2.27. The van der Waals surface area contributed by atoms with Crippen LogP contribution in [0.4, 0.5) is 0 Å². The molecular weight excluding hydrogens is 244 g/mol. The highest BCUT2D eigenvalue weighted by atomic mass is 16.3. The summed E-state index contributed by atoms with van der Waals surface area (Å²) in [5.74, 6) is -0.929. The second-order valence-corrected chi connectivity index (χ2v) is 4.18. The molecule has 2 atom stereocenters. The molecule has 2 aromatic rings. The van der Waals surface area contributed by atoms with E-state index in [1.807, 2.05) is 0 Å². The molecule has 4 nitrogen and oxygen atoms in total. The first kappa shape index (κ1) is 13.3. The molecule has 0 bridgehead atoms. The van der Waals surface area contributed by atoms with Gasteiger partial charge in [-0.3, -0.25) is 4.79 Å². The van der Waals surface area contributed by atoms with E-state index < -0.39 is 18.0 Å². The van der Waals surface area contributed by atoms with Gasteiger partial charge in [-0.15, -0.1) is 0 Å². The number of ketones is 1. The number of hydrogen-bond acceptors (Lipinski definition) is 4. The van der Waals surface area contributed by atoms with Gasteiger partial charge < -0.3 is 15.3 Å². The van der Waals surface area contributed by atoms with E-state index in [4.69, 9.17) is 0 Å². The van der Waals surface area contributed by atoms with Crippen LogP contribution in [-0.4, -0.2) is 27.2 Å². The maximum Gasteiger partial charge on any atom is 0.198 e. The number of aliphatic hydroxyl groups excluding tert-OH is 2. The zero-order chi connectivity index (χ0) is 13.8. The SMILES string of the molecule is O=C(c1ccccc1O)[C@H](O)[C@H](O)c1ccccc1. The van der Waals surface area contributed by atoms with E-state index in [0.717, 1.165) is 0 Å². The molecule has 0 unspecified atom stereocenters. The maximum absolute atomic E-state index is 12.0. The van der Waals surface area contributed by atoms with Crippen molar-refractivity contribution in [2.24, 2.45) is 0 Å². The van der Waals surface area contributed by atoms with Gasteiger partial charge in [-0.05, 0) is 17.7 Å². The molecule has 0 radical (unpaired) electrons. The summed E-state index contributed by atoms with van der Waals surface area (Å²) >= 11 is 0. The molecule has 0 heterocycles. The molecule has 19 heavy (non-hydrogen) atoms. The highest BCUT2D eigenvalue weighted by molar-refractivity contribution is 6.01. The molecule has 0 aliphatic heterocycles. The summed E-state index contributed by atoms with van der Waals surface area (Å²) in [6.07, 6.45) is -2.94. The lowest BCUT2D eigenvalue weighted by Gasteiger charge is -2.17. The summed E-state index contributed by atoms with van der Waals surface area (Å²) in [4.78, 5) is 12.0. The molecule has 0 saturated heterocycles. The van der Waals surface area contributed by atoms with E-state index in [0.29, 0.717) is 5.56 Å². The van der Waals surface area contributed by atoms with Gasteiger partial charge >= 0.3 is 0 Å². The van der Waals surface area contributed by atoms with Crippen molar-refractivity contribution >= 4 is 5.78 Å². The lowest BCUT2D eigenvalue weighted by molar-refractivity contribution is 0.0202. The number of phenolic OH excluding ortho intramolecular Hbond substituents is 1. The fourth-order valence-corrected chi connectivity index (χ4v) is 1.82. The zero-order valence-corrected chi connectivity index (χ0v) is 10.1. The Morgan fingerprint density at radius 2 is 1.47 bits per heavy atom. The van der Waals surface area contributed by atoms with Crippen LogP contribution in [0.3, 0.4) is 0 Å². The summed E-state index contributed by atoms with van der Waals surface area (Å²) in [5, 5.41) is 29.4. The predicted octanol–water partition coefficient (Wildman–Crippen LogP) is 1.67. The van der Waals surface area contributed by atoms with Crippen molar-refractivity contribution in [2.75, 3.05) is 0 Å². The predicted molar refractivity (Wildman–Crippen MR) is 69.8 cm³/mol. The average molecular weight is 258 g/mol. The van der Waals surface area contributed by atoms with Crippen molar-refractivity contribution < 1.29 is 20.1 Å². The third-order valence-electron chi connectivity index (χ3n) is 2.88. The van der Waals surface area contributed by atoms with E-state index in [1.54, 1.807) is 42.5 Å². The van der Waals surface area contributed by atoms with Crippen molar-refractivity contribution in [3.8, 4) is 5.75 Å². The van der Waals surface area contributed by atoms with E-state index >= 15 is 0 Å². The van der Waals surface area contributed by atoms with Crippen LogP contribution in [0, 0.1) is 0 Å². The average Bonchev–Trinajstić information content (AvgIpc) is 2.46. The second kappa shape index (κ2) is 5.65. The highest BCUT2D eigenvalue weighted by Crippen LogP contribution is 2.23. The van der Waals surface area contributed by atoms with Crippen LogP contribution < -0.4 is 0 Å². The minimum atomic E-state index is -1.62. The van der Waals surface area contributed by atoms with Crippen LogP contribution in [-0.2, 0) is 0 Å². The van der Waals surface area contributed by atoms with Gasteiger partial charge in [0.15, 0.2) is 5.78 Å². The van der Waals surface area contributed by atoms with Crippen LogP contribution in [0.2, 0.25) is 0 Å². The topological polar surface area (TPSA) is 77.8 Å². The van der Waals surface area contributed by atoms with E-state index in [1.165, 1.54) is 12.1 Å². The summed E-state index contributed by atoms with van der Waals surface area (Å²) in [6.45, 7) is 0. The number of phenols is 1. The molecule has 98 valence electrons. The number of aliphatic hydroxyl groups is 2. The molecule has 0 spiro atoms. The smallest absolute Gasteiger partial charge is 0.198 e. The van der Waals surface area contributed by atoms with Crippen LogP contribution in [0.1, 0.15) is 22.0 Å². The first-order chi connectivity index (χ1) is 9.11. The molecule has 2 aromatic carbocycles. The Morgan fingerprint density at radius 1 is 0.895 bits per heavy atom. The van der Waals surface area contributed by atoms with Crippen molar-refractivity contribution in [3.63, 3.8) is 0 Å². The van der Waals surface area contributed by atoms with Gasteiger partial charge in [0.25, 0.3) is 0 Å². The summed E-state index contributed by atoms with van der Waals surface area (Å²) in [6, 6.07) is 14.3. The Balaban J connectivity index is 2.23. The Morgan fingerprint density at radius 3 is 2.11 bits per heavy atom. The summed E-state index contributed by atoms with van der Waals surface area (Å²) in [7, 11) is 0. The van der Waals surface area contributed by atoms with Gasteiger partial charge in [0.2, 0.25) is 0 Å². The quantitative estimate of drug-likeness (QED) is 0.729. The van der Waals surface area contributed by atoms with Gasteiger partial charge in [-0.2, -0.15) is 0 Å². The number of carbonyl (C=O) groups excluding carboxylic acids is 1. The number of carbonyl (C=O) groups is 1. The monoisotopic (exact) mass is 258 g/mol. The van der Waals surface area contributed by atoms with Gasteiger partial charge in [0.05, 0.1) is 5.56 Å². The molecule has 0 fully saturated rings. The largest absolute Gasteiger partial charge is 0.507 e. The normalized spacial score (nSPS) is 13.8. The van der Waals surface area contributed by atoms with Gasteiger partial charge in [0, 0.05) is 0 Å². The van der Waals surface area contributed by atoms with Crippen molar-refractivity contribution in [3.05, 3.63) is 65.7 Å². The number of aromatic hydroxyl groups is 1. The first-order valence-corrected chi connectivity index (χ1v) is 5.84. The zero-order valence-electron chi connectivity index (χ0n) is 10.1. The van der Waals surface area contributed by atoms with Gasteiger partial charge in [-0.25, -0.2) is 0 Å². The van der Waals surface area contributed by atoms with Crippen LogP contribution >= 0.6 is 0 Å². The van der Waals surface area contributed by atoms with Crippen molar-refractivity contribution in [1.82, 2.24) is 0 Å². The van der Waals surface area contributed by atoms with Gasteiger partial charge in [0.1, 0.15) is 18.0 Å². The minimum Gasteiger partial charge on any atom is -0.507 e. The number of rotatable bonds is 4. The third kappa shape index (κ3) is 2.81. The number of benzene rings is 2. The molecule has 0 aliphatic rings. The lowest BCUT2D eigenvalue weighted by Crippen LogP contribution is -2.28. The Hall–Kier alpha value is -2.17. The van der Waals surface area contributed by atoms with Crippen LogP contribution in [0.5, 0.6) is 5.75 Å². The third-order valence-corrected chi connectivity index (χ3v) is 2.88. The van der Waals surface area contributed by atoms with E-state index in [2.05, 4.69) is 0 Å². The molecule has 3 N–H and O–H groups in total. The Bertz CT molecular complexity index is 565. The maximum atomic E-state index is 12.0. The number of para-hydroxylation sites is 1. The Kier molecular flexibility index (Phi) is 3.94. The molecule has 0 aromatic heterocycles. The van der Waals surface area contributed by atoms with Crippen LogP contribution in [0.25, 0.3) is 0 Å². The molecule has 0 aliphatic carbocycles. The minimum absolute atomic E-state index is 0.00928. The van der Waals surface area contributed by atoms with Crippen LogP contribution in [0.15, 0.2) is 54.6 Å². The lowest BCUT2D eigenvalue weighted by atomic mass is 9.97. The number of hydrogen-bond donors (Lipinski definition) is 3. The Labute approximate surface area is 110 Å². The molecule has 4 heteroatoms. The van der Waals surface area contributed by atoms with Crippen molar-refractivity contribution in [1.29, 1.82) is 0 Å². The standard InChI is InChI=1S/C15H14O4/c16-12-9-5-4-8-11(12)14(18)15(19)13(17)10-6-2-1-3-7-10/h1-9,13,15-17,19H/t13-,15-/m1/s1. The molecule has 2 rings (SSSR count). The van der Waals surface area contributed by atoms with Gasteiger partial charge in [-0.1, -0.05) is 42.5 Å².